The Labute approximate surface area is 182 Å². The Kier molecular flexibility index (Phi) is 5.54. The Morgan fingerprint density at radius 1 is 0.828 bits per heavy atom. The van der Waals surface area contributed by atoms with Crippen LogP contribution in [0.5, 0.6) is 0 Å². The molecular formula is C22H16Cl2N2O2S. The molecule has 0 aliphatic carbocycles. The maximum absolute atomic E-state index is 12.8. The number of nitrogens with zero attached hydrogens (tertiary/aromatic N) is 2. The zero-order valence-electron chi connectivity index (χ0n) is 15.2. The van der Waals surface area contributed by atoms with Gasteiger partial charge in [0.05, 0.1) is 11.7 Å². The van der Waals surface area contributed by atoms with Gasteiger partial charge in [0, 0.05) is 10.0 Å². The molecule has 0 radical (unpaired) electrons. The molecule has 0 saturated carbocycles. The van der Waals surface area contributed by atoms with Crippen molar-refractivity contribution in [3.63, 3.8) is 0 Å². The number of halogens is 2. The smallest absolute Gasteiger partial charge is 0.314 e. The monoisotopic (exact) mass is 442 g/mol. The quantitative estimate of drug-likeness (QED) is 0.409. The lowest BCUT2D eigenvalue weighted by Gasteiger charge is -2.30. The molecule has 4 rings (SSSR count). The van der Waals surface area contributed by atoms with Gasteiger partial charge in [-0.1, -0.05) is 53.5 Å². The van der Waals surface area contributed by atoms with Crippen molar-refractivity contribution in [2.45, 2.75) is 18.3 Å². The zero-order valence-corrected chi connectivity index (χ0v) is 17.5. The second kappa shape index (κ2) is 8.11. The van der Waals surface area contributed by atoms with Crippen LogP contribution in [0.2, 0.25) is 10.0 Å². The highest BCUT2D eigenvalue weighted by atomic mass is 35.5. The molecule has 29 heavy (non-hydrogen) atoms. The van der Waals surface area contributed by atoms with Crippen molar-refractivity contribution in [2.24, 2.45) is 0 Å². The second-order valence-electron chi connectivity index (χ2n) is 6.96. The average Bonchev–Trinajstić information content (AvgIpc) is 3.18. The number of carbonyl (C=O) groups is 1. The fourth-order valence-electron chi connectivity index (χ4n) is 3.52. The summed E-state index contributed by atoms with van der Waals surface area (Å²) >= 11 is 13.1. The van der Waals surface area contributed by atoms with Crippen LogP contribution in [-0.2, 0) is 23.1 Å². The van der Waals surface area contributed by atoms with Crippen molar-refractivity contribution in [1.29, 1.82) is 0 Å². The van der Waals surface area contributed by atoms with E-state index in [2.05, 4.69) is 8.75 Å². The molecule has 0 spiro atoms. The minimum atomic E-state index is -1.18. The number of fused-ring (bicyclic) bond motifs is 1. The van der Waals surface area contributed by atoms with Gasteiger partial charge >= 0.3 is 5.97 Å². The average molecular weight is 443 g/mol. The van der Waals surface area contributed by atoms with E-state index in [0.29, 0.717) is 34.0 Å². The first kappa shape index (κ1) is 19.8. The van der Waals surface area contributed by atoms with Gasteiger partial charge in [-0.15, -0.1) is 0 Å². The van der Waals surface area contributed by atoms with Crippen LogP contribution in [0.25, 0.3) is 11.0 Å². The molecule has 0 atom stereocenters. The third kappa shape index (κ3) is 4.13. The third-order valence-corrected chi connectivity index (χ3v) is 6.11. The van der Waals surface area contributed by atoms with Crippen molar-refractivity contribution in [3.05, 3.63) is 93.5 Å². The topological polar surface area (TPSA) is 63.1 Å². The van der Waals surface area contributed by atoms with Gasteiger partial charge in [-0.25, -0.2) is 0 Å². The molecule has 0 unspecified atom stereocenters. The summed E-state index contributed by atoms with van der Waals surface area (Å²) in [7, 11) is 0. The van der Waals surface area contributed by atoms with Gasteiger partial charge < -0.3 is 5.11 Å². The number of aromatic nitrogens is 2. The summed E-state index contributed by atoms with van der Waals surface area (Å²) in [4.78, 5) is 12.8. The predicted molar refractivity (Wildman–Crippen MR) is 117 cm³/mol. The van der Waals surface area contributed by atoms with Crippen LogP contribution < -0.4 is 0 Å². The predicted octanol–water partition coefficient (Wildman–Crippen LogP) is 5.81. The van der Waals surface area contributed by atoms with E-state index in [0.717, 1.165) is 28.4 Å². The minimum Gasteiger partial charge on any atom is -0.481 e. The number of aliphatic carboxylic acids is 1. The maximum atomic E-state index is 12.8. The fraction of sp³-hybridized carbons (Fsp3) is 0.136. The molecule has 0 bridgehead atoms. The van der Waals surface area contributed by atoms with Crippen molar-refractivity contribution >= 4 is 51.9 Å². The summed E-state index contributed by atoms with van der Waals surface area (Å²) in [6.07, 6.45) is 0.621. The molecule has 146 valence electrons. The summed E-state index contributed by atoms with van der Waals surface area (Å²) in [5.41, 5.74) is 2.75. The minimum absolute atomic E-state index is 0.311. The lowest BCUT2D eigenvalue weighted by atomic mass is 9.71. The Morgan fingerprint density at radius 3 is 1.86 bits per heavy atom. The van der Waals surface area contributed by atoms with Crippen LogP contribution in [-0.4, -0.2) is 19.8 Å². The van der Waals surface area contributed by atoms with Crippen molar-refractivity contribution in [1.82, 2.24) is 8.75 Å². The number of carboxylic acids is 1. The molecule has 1 aromatic heterocycles. The number of hydrogen-bond acceptors (Lipinski definition) is 4. The van der Waals surface area contributed by atoms with Crippen molar-refractivity contribution in [3.8, 4) is 0 Å². The lowest BCUT2D eigenvalue weighted by molar-refractivity contribution is -0.143. The molecule has 7 heteroatoms. The Bertz CT molecular complexity index is 1110. The van der Waals surface area contributed by atoms with Crippen LogP contribution in [0.15, 0.2) is 66.7 Å². The second-order valence-corrected chi connectivity index (χ2v) is 8.36. The van der Waals surface area contributed by atoms with Crippen LogP contribution >= 0.6 is 34.9 Å². The van der Waals surface area contributed by atoms with E-state index >= 15 is 0 Å². The SMILES string of the molecule is O=C(O)C(Cc1ccc(Cl)cc1)(Cc1ccc(Cl)cc1)c1ccc2nsnc2c1. The molecule has 0 fully saturated rings. The standard InChI is InChI=1S/C22H16Cl2N2O2S/c23-17-6-1-14(2-7-17)12-22(21(27)28,13-15-3-8-18(24)9-4-15)16-5-10-19-20(11-16)26-29-25-19/h1-11H,12-13H2,(H,27,28). The van der Waals surface area contributed by atoms with Crippen LogP contribution in [0, 0.1) is 0 Å². The van der Waals surface area contributed by atoms with Crippen LogP contribution in [0.4, 0.5) is 0 Å². The first-order valence-electron chi connectivity index (χ1n) is 8.91. The molecule has 3 aromatic carbocycles. The summed E-state index contributed by atoms with van der Waals surface area (Å²) in [5.74, 6) is -0.898. The molecular weight excluding hydrogens is 427 g/mol. The van der Waals surface area contributed by atoms with Gasteiger partial charge in [0.1, 0.15) is 16.4 Å². The van der Waals surface area contributed by atoms with E-state index in [1.165, 1.54) is 0 Å². The zero-order chi connectivity index (χ0) is 20.4. The summed E-state index contributed by atoms with van der Waals surface area (Å²) in [6.45, 7) is 0. The van der Waals surface area contributed by atoms with E-state index in [1.807, 2.05) is 42.5 Å². The van der Waals surface area contributed by atoms with Crippen molar-refractivity contribution in [2.75, 3.05) is 0 Å². The van der Waals surface area contributed by atoms with E-state index in [1.54, 1.807) is 24.3 Å². The first-order chi connectivity index (χ1) is 14.0. The van der Waals surface area contributed by atoms with Gasteiger partial charge in [-0.2, -0.15) is 8.75 Å². The molecule has 0 aliphatic rings. The van der Waals surface area contributed by atoms with Gasteiger partial charge in [-0.05, 0) is 65.9 Å². The summed E-state index contributed by atoms with van der Waals surface area (Å²) < 4.78 is 8.52. The normalized spacial score (nSPS) is 11.7. The molecule has 4 nitrogen and oxygen atoms in total. The lowest BCUT2D eigenvalue weighted by Crippen LogP contribution is -2.40. The van der Waals surface area contributed by atoms with E-state index in [4.69, 9.17) is 23.2 Å². The highest BCUT2D eigenvalue weighted by molar-refractivity contribution is 7.00. The molecule has 4 aromatic rings. The summed E-state index contributed by atoms with van der Waals surface area (Å²) in [5, 5.41) is 11.7. The molecule has 0 saturated heterocycles. The fourth-order valence-corrected chi connectivity index (χ4v) is 4.29. The van der Waals surface area contributed by atoms with Gasteiger partial charge in [0.15, 0.2) is 0 Å². The molecule has 1 N–H and O–H groups in total. The van der Waals surface area contributed by atoms with E-state index in [-0.39, 0.29) is 0 Å². The largest absolute Gasteiger partial charge is 0.481 e. The Hall–Kier alpha value is -2.47. The number of benzene rings is 3. The maximum Gasteiger partial charge on any atom is 0.314 e. The third-order valence-electron chi connectivity index (χ3n) is 5.05. The number of hydrogen-bond donors (Lipinski definition) is 1. The van der Waals surface area contributed by atoms with E-state index in [9.17, 15) is 9.90 Å². The van der Waals surface area contributed by atoms with Gasteiger partial charge in [-0.3, -0.25) is 4.79 Å². The Balaban J connectivity index is 1.85. The molecule has 0 amide bonds. The first-order valence-corrected chi connectivity index (χ1v) is 10.4. The highest BCUT2D eigenvalue weighted by Gasteiger charge is 2.41. The number of carboxylic acid groups (broad SMARTS) is 1. The van der Waals surface area contributed by atoms with Gasteiger partial charge in [0.2, 0.25) is 0 Å². The van der Waals surface area contributed by atoms with Crippen LogP contribution in [0.3, 0.4) is 0 Å². The summed E-state index contributed by atoms with van der Waals surface area (Å²) in [6, 6.07) is 20.1. The van der Waals surface area contributed by atoms with Crippen molar-refractivity contribution < 1.29 is 9.90 Å². The molecule has 0 aliphatic heterocycles. The molecule has 1 heterocycles. The number of rotatable bonds is 6. The van der Waals surface area contributed by atoms with Gasteiger partial charge in [0.25, 0.3) is 0 Å². The van der Waals surface area contributed by atoms with Crippen LogP contribution in [0.1, 0.15) is 16.7 Å². The highest BCUT2D eigenvalue weighted by Crippen LogP contribution is 2.35. The van der Waals surface area contributed by atoms with E-state index < -0.39 is 11.4 Å². The Morgan fingerprint density at radius 2 is 1.34 bits per heavy atom.